The third-order valence-electron chi connectivity index (χ3n) is 8.61. The minimum atomic E-state index is 0.641. The molecule has 0 spiro atoms. The molecule has 0 heterocycles. The zero-order valence-electron chi connectivity index (χ0n) is 18.6. The lowest BCUT2D eigenvalue weighted by Gasteiger charge is -2.47. The summed E-state index contributed by atoms with van der Waals surface area (Å²) in [6.45, 7) is 7.18. The summed E-state index contributed by atoms with van der Waals surface area (Å²) in [5, 5.41) is 0. The Labute approximate surface area is 170 Å². The highest BCUT2D eigenvalue weighted by Crippen LogP contribution is 2.61. The molecular formula is C27H46. The second kappa shape index (κ2) is 10.3. The van der Waals surface area contributed by atoms with Gasteiger partial charge in [0.15, 0.2) is 0 Å². The molecular weight excluding hydrogens is 324 g/mol. The van der Waals surface area contributed by atoms with Crippen molar-refractivity contribution < 1.29 is 0 Å². The lowest BCUT2D eigenvalue weighted by molar-refractivity contribution is 0.0268. The number of hydrogen-bond acceptors (Lipinski definition) is 0. The summed E-state index contributed by atoms with van der Waals surface area (Å²) in [5.74, 6) is 4.60. The van der Waals surface area contributed by atoms with Gasteiger partial charge in [-0.25, -0.2) is 0 Å². The van der Waals surface area contributed by atoms with Crippen molar-refractivity contribution in [3.05, 3.63) is 24.3 Å². The zero-order chi connectivity index (χ0) is 19.1. The molecule has 0 aromatic carbocycles. The molecule has 3 aliphatic rings. The van der Waals surface area contributed by atoms with Gasteiger partial charge in [0.1, 0.15) is 0 Å². The second-order valence-corrected chi connectivity index (χ2v) is 10.1. The Kier molecular flexibility index (Phi) is 8.10. The van der Waals surface area contributed by atoms with E-state index in [1.807, 2.05) is 0 Å². The van der Waals surface area contributed by atoms with Gasteiger partial charge in [-0.1, -0.05) is 96.4 Å². The first-order valence-corrected chi connectivity index (χ1v) is 12.6. The largest absolute Gasteiger partial charge is 0.0806 e. The lowest BCUT2D eigenvalue weighted by atomic mass is 9.57. The lowest BCUT2D eigenvalue weighted by Crippen LogP contribution is -2.40. The van der Waals surface area contributed by atoms with E-state index in [4.69, 9.17) is 0 Å². The molecule has 0 N–H and O–H groups in total. The number of rotatable bonds is 11. The normalized spacial score (nSPS) is 30.9. The summed E-state index contributed by atoms with van der Waals surface area (Å²) in [5.41, 5.74) is 0.641. The summed E-state index contributed by atoms with van der Waals surface area (Å²) in [7, 11) is 0. The van der Waals surface area contributed by atoms with Gasteiger partial charge in [0.25, 0.3) is 0 Å². The molecule has 0 saturated heterocycles. The van der Waals surface area contributed by atoms with E-state index in [-0.39, 0.29) is 0 Å². The molecule has 0 aromatic heterocycles. The van der Waals surface area contributed by atoms with Crippen molar-refractivity contribution in [1.29, 1.82) is 0 Å². The van der Waals surface area contributed by atoms with Crippen LogP contribution in [0.2, 0.25) is 0 Å². The van der Waals surface area contributed by atoms with Crippen molar-refractivity contribution in [2.75, 3.05) is 0 Å². The molecule has 2 saturated carbocycles. The number of fused-ring (bicyclic) bond motifs is 1. The maximum atomic E-state index is 2.64. The molecule has 0 aromatic rings. The van der Waals surface area contributed by atoms with Crippen LogP contribution >= 0.6 is 0 Å². The first-order chi connectivity index (χ1) is 13.3. The van der Waals surface area contributed by atoms with E-state index in [2.05, 4.69) is 45.1 Å². The first kappa shape index (κ1) is 21.2. The van der Waals surface area contributed by atoms with E-state index in [9.17, 15) is 0 Å². The molecule has 154 valence electrons. The highest BCUT2D eigenvalue weighted by molar-refractivity contribution is 5.21. The molecule has 3 aliphatic carbocycles. The predicted molar refractivity (Wildman–Crippen MR) is 120 cm³/mol. The van der Waals surface area contributed by atoms with Gasteiger partial charge >= 0.3 is 0 Å². The smallest absolute Gasteiger partial charge is 0.0131 e. The number of hydrogen-bond donors (Lipinski definition) is 0. The summed E-state index contributed by atoms with van der Waals surface area (Å²) < 4.78 is 0. The van der Waals surface area contributed by atoms with Gasteiger partial charge in [-0.15, -0.1) is 0 Å². The van der Waals surface area contributed by atoms with Gasteiger partial charge in [-0.05, 0) is 73.5 Å². The van der Waals surface area contributed by atoms with E-state index in [0.717, 1.165) is 29.6 Å². The van der Waals surface area contributed by atoms with Gasteiger partial charge in [-0.2, -0.15) is 0 Å². The summed E-state index contributed by atoms with van der Waals surface area (Å²) in [6, 6.07) is 0. The number of unbranched alkanes of at least 4 members (excludes halogenated alkanes) is 3. The molecule has 0 nitrogen and oxygen atoms in total. The minimum Gasteiger partial charge on any atom is -0.0806 e. The highest BCUT2D eigenvalue weighted by atomic mass is 14.6. The first-order valence-electron chi connectivity index (χ1n) is 12.6. The van der Waals surface area contributed by atoms with E-state index < -0.39 is 0 Å². The van der Waals surface area contributed by atoms with E-state index in [1.165, 1.54) is 89.9 Å². The standard InChI is InChI=1S/C27H46/c1-4-7-14-22-21-26(25-18-13-12-17-24(22)25)27(19-8-5-2,20-9-6-3)23-15-10-11-16-23/h12-13,17-18,22-26H,4-11,14-16,19-21H2,1-3H3. The molecule has 27 heavy (non-hydrogen) atoms. The van der Waals surface area contributed by atoms with Crippen LogP contribution in [0.25, 0.3) is 0 Å². The third kappa shape index (κ3) is 4.56. The van der Waals surface area contributed by atoms with Gasteiger partial charge in [0.05, 0.1) is 0 Å². The molecule has 0 bridgehead atoms. The van der Waals surface area contributed by atoms with Crippen molar-refractivity contribution in [3.8, 4) is 0 Å². The SMILES string of the molecule is CCCCC1CC(C(CCCC)(CCCC)C2CCCC2)C2C=CC=CC12. The van der Waals surface area contributed by atoms with Gasteiger partial charge in [-0.3, -0.25) is 0 Å². The molecule has 3 rings (SSSR count). The van der Waals surface area contributed by atoms with Crippen molar-refractivity contribution in [2.45, 2.75) is 111 Å². The molecule has 4 unspecified atom stereocenters. The zero-order valence-corrected chi connectivity index (χ0v) is 18.6. The van der Waals surface area contributed by atoms with Crippen molar-refractivity contribution in [3.63, 3.8) is 0 Å². The molecule has 2 fully saturated rings. The summed E-state index contributed by atoms with van der Waals surface area (Å²) in [4.78, 5) is 0. The second-order valence-electron chi connectivity index (χ2n) is 10.1. The van der Waals surface area contributed by atoms with Crippen LogP contribution in [-0.4, -0.2) is 0 Å². The fourth-order valence-electron chi connectivity index (χ4n) is 7.27. The summed E-state index contributed by atoms with van der Waals surface area (Å²) in [6.07, 6.45) is 30.5. The fourth-order valence-corrected chi connectivity index (χ4v) is 7.27. The molecule has 0 aliphatic heterocycles. The van der Waals surface area contributed by atoms with E-state index in [1.54, 1.807) is 0 Å². The van der Waals surface area contributed by atoms with Gasteiger partial charge in [0, 0.05) is 0 Å². The average molecular weight is 371 g/mol. The van der Waals surface area contributed by atoms with Crippen LogP contribution in [0.5, 0.6) is 0 Å². The minimum absolute atomic E-state index is 0.641. The molecule has 0 radical (unpaired) electrons. The van der Waals surface area contributed by atoms with Crippen LogP contribution in [0.1, 0.15) is 111 Å². The Hall–Kier alpha value is -0.520. The van der Waals surface area contributed by atoms with Crippen molar-refractivity contribution >= 4 is 0 Å². The monoisotopic (exact) mass is 370 g/mol. The number of allylic oxidation sites excluding steroid dienone is 4. The maximum absolute atomic E-state index is 2.64. The Morgan fingerprint density at radius 1 is 0.778 bits per heavy atom. The molecule has 0 heteroatoms. The Balaban J connectivity index is 1.90. The van der Waals surface area contributed by atoms with Crippen molar-refractivity contribution in [2.24, 2.45) is 35.0 Å². The highest BCUT2D eigenvalue weighted by Gasteiger charge is 2.53. The van der Waals surface area contributed by atoms with Gasteiger partial charge < -0.3 is 0 Å². The molecule has 0 amide bonds. The summed E-state index contributed by atoms with van der Waals surface area (Å²) >= 11 is 0. The van der Waals surface area contributed by atoms with E-state index >= 15 is 0 Å². The van der Waals surface area contributed by atoms with Gasteiger partial charge in [0.2, 0.25) is 0 Å². The topological polar surface area (TPSA) is 0 Å². The van der Waals surface area contributed by atoms with Crippen LogP contribution in [0.4, 0.5) is 0 Å². The van der Waals surface area contributed by atoms with Crippen LogP contribution in [-0.2, 0) is 0 Å². The average Bonchev–Trinajstić information content (AvgIpc) is 3.36. The Morgan fingerprint density at radius 2 is 1.37 bits per heavy atom. The maximum Gasteiger partial charge on any atom is -0.0131 e. The fraction of sp³-hybridized carbons (Fsp3) is 0.852. The quantitative estimate of drug-likeness (QED) is 0.341. The molecule has 4 atom stereocenters. The van der Waals surface area contributed by atoms with Crippen LogP contribution in [0, 0.1) is 35.0 Å². The van der Waals surface area contributed by atoms with E-state index in [0.29, 0.717) is 5.41 Å². The van der Waals surface area contributed by atoms with Crippen LogP contribution < -0.4 is 0 Å². The Morgan fingerprint density at radius 3 is 1.96 bits per heavy atom. The third-order valence-corrected chi connectivity index (χ3v) is 8.61. The predicted octanol–water partition coefficient (Wildman–Crippen LogP) is 8.73. The Bertz CT molecular complexity index is 470. The van der Waals surface area contributed by atoms with Crippen molar-refractivity contribution in [1.82, 2.24) is 0 Å². The van der Waals surface area contributed by atoms with Crippen LogP contribution in [0.15, 0.2) is 24.3 Å². The van der Waals surface area contributed by atoms with Crippen LogP contribution in [0.3, 0.4) is 0 Å².